The van der Waals surface area contributed by atoms with Gasteiger partial charge in [0.1, 0.15) is 0 Å². The van der Waals surface area contributed by atoms with Gasteiger partial charge in [0.15, 0.2) is 10.7 Å². The van der Waals surface area contributed by atoms with E-state index in [1.165, 1.54) is 6.42 Å². The summed E-state index contributed by atoms with van der Waals surface area (Å²) in [6.07, 6.45) is 4.82. The van der Waals surface area contributed by atoms with Crippen LogP contribution in [0.3, 0.4) is 0 Å². The minimum Gasteiger partial charge on any atom is -0.355 e. The van der Waals surface area contributed by atoms with Crippen LogP contribution in [0.1, 0.15) is 46.9 Å². The number of thiazole rings is 1. The second-order valence-corrected chi connectivity index (χ2v) is 9.74. The Balaban J connectivity index is 1.32. The van der Waals surface area contributed by atoms with Crippen LogP contribution < -0.4 is 5.32 Å². The molecule has 1 N–H and O–H groups in total. The van der Waals surface area contributed by atoms with Gasteiger partial charge < -0.3 is 10.2 Å². The van der Waals surface area contributed by atoms with Crippen LogP contribution in [0.5, 0.6) is 0 Å². The second-order valence-electron chi connectivity index (χ2n) is 8.73. The molecule has 3 heterocycles. The first kappa shape index (κ1) is 21.8. The highest BCUT2D eigenvalue weighted by Crippen LogP contribution is 2.31. The van der Waals surface area contributed by atoms with Gasteiger partial charge in [0.2, 0.25) is 0 Å². The van der Waals surface area contributed by atoms with E-state index >= 15 is 0 Å². The van der Waals surface area contributed by atoms with E-state index < -0.39 is 0 Å². The molecule has 0 bridgehead atoms. The lowest BCUT2D eigenvalue weighted by Crippen LogP contribution is -2.19. The number of imidazole rings is 1. The van der Waals surface area contributed by atoms with Gasteiger partial charge in [-0.05, 0) is 62.2 Å². The molecule has 4 aromatic rings. The Bertz CT molecular complexity index is 1320. The van der Waals surface area contributed by atoms with Crippen molar-refractivity contribution in [3.05, 3.63) is 59.8 Å². The molecule has 0 radical (unpaired) electrons. The molecule has 1 aliphatic heterocycles. The molecular weight excluding hydrogens is 432 g/mol. The Hall–Kier alpha value is -3.03. The average Bonchev–Trinajstić information content (AvgIpc) is 3.56. The third-order valence-corrected chi connectivity index (χ3v) is 7.70. The van der Waals surface area contributed by atoms with Gasteiger partial charge in [0, 0.05) is 42.9 Å². The van der Waals surface area contributed by atoms with E-state index in [4.69, 9.17) is 4.98 Å². The Labute approximate surface area is 197 Å². The van der Waals surface area contributed by atoms with Crippen LogP contribution in [0, 0.1) is 5.92 Å². The Kier molecular flexibility index (Phi) is 6.00. The first-order valence-electron chi connectivity index (χ1n) is 11.6. The number of hydrogen-bond acceptors (Lipinski definition) is 5. The summed E-state index contributed by atoms with van der Waals surface area (Å²) < 4.78 is 3.15. The van der Waals surface area contributed by atoms with Gasteiger partial charge >= 0.3 is 0 Å². The van der Waals surface area contributed by atoms with E-state index in [1.807, 2.05) is 48.7 Å². The van der Waals surface area contributed by atoms with Crippen LogP contribution in [0.15, 0.2) is 48.7 Å². The molecule has 1 amide bonds. The number of Topliss-reactive ketones (excluding diaryl/α,β-unsaturated/α-hetero) is 1. The van der Waals surface area contributed by atoms with E-state index in [0.717, 1.165) is 58.1 Å². The predicted molar refractivity (Wildman–Crippen MR) is 133 cm³/mol. The molecule has 0 spiro atoms. The number of carbonyl (C=O) groups is 2. The van der Waals surface area contributed by atoms with Crippen molar-refractivity contribution in [1.29, 1.82) is 0 Å². The largest absolute Gasteiger partial charge is 0.355 e. The van der Waals surface area contributed by atoms with Crippen molar-refractivity contribution in [3.8, 4) is 11.3 Å². The van der Waals surface area contributed by atoms with Crippen LogP contribution in [0.25, 0.3) is 26.4 Å². The van der Waals surface area contributed by atoms with Crippen LogP contribution in [0.2, 0.25) is 0 Å². The number of hydrogen-bond donors (Lipinski definition) is 1. The molecule has 1 atom stereocenters. The number of rotatable bonds is 7. The first-order chi connectivity index (χ1) is 16.1. The van der Waals surface area contributed by atoms with E-state index in [-0.39, 0.29) is 11.7 Å². The lowest BCUT2D eigenvalue weighted by atomic mass is 9.98. The number of nitrogens with zero attached hydrogens (tertiary/aromatic N) is 3. The monoisotopic (exact) mass is 460 g/mol. The van der Waals surface area contributed by atoms with Gasteiger partial charge in [-0.15, -0.1) is 0 Å². The molecule has 0 saturated carbocycles. The summed E-state index contributed by atoms with van der Waals surface area (Å²) in [6, 6.07) is 13.4. The second kappa shape index (κ2) is 9.08. The fourth-order valence-electron chi connectivity index (χ4n) is 4.67. The molecule has 1 fully saturated rings. The summed E-state index contributed by atoms with van der Waals surface area (Å²) in [5, 5.41) is 2.63. The number of nitrogens with one attached hydrogen (secondary N) is 1. The quantitative estimate of drug-likeness (QED) is 0.399. The minimum atomic E-state index is -0.102. The SMILES string of the molecule is CCN1CCC(CCC(=O)c2ccc3c(c2)sc2nc(-c4ccc(C(=O)NC)cc4)cn23)C1. The summed E-state index contributed by atoms with van der Waals surface area (Å²) >= 11 is 1.60. The third kappa shape index (κ3) is 4.30. The van der Waals surface area contributed by atoms with Crippen molar-refractivity contribution in [1.82, 2.24) is 19.6 Å². The topological polar surface area (TPSA) is 66.7 Å². The summed E-state index contributed by atoms with van der Waals surface area (Å²) in [6.45, 7) is 5.59. The molecule has 1 aliphatic rings. The molecule has 0 aliphatic carbocycles. The molecule has 2 aromatic heterocycles. The maximum absolute atomic E-state index is 12.8. The van der Waals surface area contributed by atoms with Crippen molar-refractivity contribution in [2.75, 3.05) is 26.7 Å². The number of ketones is 1. The van der Waals surface area contributed by atoms with Crippen LogP contribution in [-0.2, 0) is 0 Å². The van der Waals surface area contributed by atoms with Crippen molar-refractivity contribution in [3.63, 3.8) is 0 Å². The summed E-state index contributed by atoms with van der Waals surface area (Å²) in [5.74, 6) is 0.774. The van der Waals surface area contributed by atoms with Crippen molar-refractivity contribution in [2.24, 2.45) is 5.92 Å². The molecule has 2 aromatic carbocycles. The molecule has 6 nitrogen and oxygen atoms in total. The highest BCUT2D eigenvalue weighted by molar-refractivity contribution is 7.23. The predicted octanol–water partition coefficient (Wildman–Crippen LogP) is 4.88. The number of benzene rings is 2. The van der Waals surface area contributed by atoms with Gasteiger partial charge in [-0.1, -0.05) is 30.4 Å². The molecule has 1 unspecified atom stereocenters. The fourth-order valence-corrected chi connectivity index (χ4v) is 5.71. The number of carbonyl (C=O) groups excluding carboxylic acids is 2. The normalized spacial score (nSPS) is 16.6. The van der Waals surface area contributed by atoms with Crippen molar-refractivity contribution < 1.29 is 9.59 Å². The molecule has 1 saturated heterocycles. The zero-order valence-corrected chi connectivity index (χ0v) is 19.8. The Morgan fingerprint density at radius 1 is 1.15 bits per heavy atom. The highest BCUT2D eigenvalue weighted by atomic mass is 32.1. The maximum Gasteiger partial charge on any atom is 0.251 e. The first-order valence-corrected chi connectivity index (χ1v) is 12.4. The van der Waals surface area contributed by atoms with Gasteiger partial charge in [-0.3, -0.25) is 14.0 Å². The van der Waals surface area contributed by atoms with Crippen LogP contribution in [-0.4, -0.2) is 52.7 Å². The van der Waals surface area contributed by atoms with Crippen molar-refractivity contribution >= 4 is 38.2 Å². The standard InChI is InChI=1S/C26H28N4O2S/c1-3-29-13-12-17(15-29)4-11-23(31)20-9-10-22-24(14-20)33-26-28-21(16-30(22)26)18-5-7-19(8-6-18)25(32)27-2/h5-10,14,16-17H,3-4,11-13,15H2,1-2H3,(H,27,32). The lowest BCUT2D eigenvalue weighted by Gasteiger charge is -2.12. The zero-order valence-electron chi connectivity index (χ0n) is 19.0. The van der Waals surface area contributed by atoms with E-state index in [9.17, 15) is 9.59 Å². The maximum atomic E-state index is 12.8. The fraction of sp³-hybridized carbons (Fsp3) is 0.346. The van der Waals surface area contributed by atoms with Crippen LogP contribution in [0.4, 0.5) is 0 Å². The Morgan fingerprint density at radius 3 is 2.67 bits per heavy atom. The smallest absolute Gasteiger partial charge is 0.251 e. The molecule has 33 heavy (non-hydrogen) atoms. The molecular formula is C26H28N4O2S. The highest BCUT2D eigenvalue weighted by Gasteiger charge is 2.22. The zero-order chi connectivity index (χ0) is 22.9. The number of fused-ring (bicyclic) bond motifs is 3. The third-order valence-electron chi connectivity index (χ3n) is 6.68. The number of aromatic nitrogens is 2. The average molecular weight is 461 g/mol. The summed E-state index contributed by atoms with van der Waals surface area (Å²) in [7, 11) is 1.62. The van der Waals surface area contributed by atoms with Gasteiger partial charge in [0.05, 0.1) is 15.9 Å². The number of likely N-dealkylation sites (tertiary alicyclic amines) is 1. The van der Waals surface area contributed by atoms with Crippen LogP contribution >= 0.6 is 11.3 Å². The van der Waals surface area contributed by atoms with Gasteiger partial charge in [0.25, 0.3) is 5.91 Å². The van der Waals surface area contributed by atoms with E-state index in [0.29, 0.717) is 17.9 Å². The van der Waals surface area contributed by atoms with Crippen molar-refractivity contribution in [2.45, 2.75) is 26.2 Å². The molecule has 7 heteroatoms. The molecule has 5 rings (SSSR count). The minimum absolute atomic E-state index is 0.102. The number of amides is 1. The van der Waals surface area contributed by atoms with E-state index in [1.54, 1.807) is 18.4 Å². The summed E-state index contributed by atoms with van der Waals surface area (Å²) in [4.78, 5) is 32.7. The van der Waals surface area contributed by atoms with Gasteiger partial charge in [-0.25, -0.2) is 4.98 Å². The Morgan fingerprint density at radius 2 is 1.94 bits per heavy atom. The lowest BCUT2D eigenvalue weighted by molar-refractivity contribution is 0.0959. The summed E-state index contributed by atoms with van der Waals surface area (Å²) in [5.41, 5.74) is 4.31. The van der Waals surface area contributed by atoms with E-state index in [2.05, 4.69) is 21.5 Å². The molecule has 170 valence electrons. The van der Waals surface area contributed by atoms with Gasteiger partial charge in [-0.2, -0.15) is 0 Å².